The monoisotopic (exact) mass is 351 g/mol. The normalized spacial score (nSPS) is 10.9. The number of H-pyrrole nitrogens is 1. The van der Waals surface area contributed by atoms with E-state index in [0.29, 0.717) is 18.2 Å². The number of nitrogens with two attached hydrogens (primary N) is 1. The molecule has 1 heterocycles. The van der Waals surface area contributed by atoms with E-state index in [4.69, 9.17) is 15.2 Å². The molecule has 26 heavy (non-hydrogen) atoms. The quantitative estimate of drug-likeness (QED) is 0.579. The van der Waals surface area contributed by atoms with Crippen LogP contribution in [0.4, 0.5) is 5.69 Å². The van der Waals surface area contributed by atoms with Gasteiger partial charge in [-0.1, -0.05) is 32.0 Å². The van der Waals surface area contributed by atoms with E-state index in [1.807, 2.05) is 48.5 Å². The number of aromatic amines is 1. The SMILES string of the molecule is CC(C)CCOc1cccc(-c2cc(COc3cccc(N)c3)[nH]n2)c1. The molecule has 0 radical (unpaired) electrons. The van der Waals surface area contributed by atoms with E-state index < -0.39 is 0 Å². The standard InChI is InChI=1S/C21H25N3O2/c1-15(2)9-10-25-19-7-3-5-16(11-19)21-13-18(23-24-21)14-26-20-8-4-6-17(22)12-20/h3-8,11-13,15H,9-10,14,22H2,1-2H3,(H,23,24). The number of nitrogen functional groups attached to an aromatic ring is 1. The number of ether oxygens (including phenoxy) is 2. The third-order valence-electron chi connectivity index (χ3n) is 3.98. The van der Waals surface area contributed by atoms with Crippen molar-refractivity contribution in [3.8, 4) is 22.8 Å². The van der Waals surface area contributed by atoms with Gasteiger partial charge in [0.15, 0.2) is 0 Å². The first-order chi connectivity index (χ1) is 12.6. The molecule has 3 aromatic rings. The van der Waals surface area contributed by atoms with Gasteiger partial charge in [0, 0.05) is 17.3 Å². The van der Waals surface area contributed by atoms with E-state index in [1.54, 1.807) is 6.07 Å². The Bertz CT molecular complexity index is 843. The van der Waals surface area contributed by atoms with Gasteiger partial charge < -0.3 is 15.2 Å². The van der Waals surface area contributed by atoms with Gasteiger partial charge in [0.25, 0.3) is 0 Å². The summed E-state index contributed by atoms with van der Waals surface area (Å²) < 4.78 is 11.6. The predicted octanol–water partition coefficient (Wildman–Crippen LogP) is 4.66. The van der Waals surface area contributed by atoms with Crippen molar-refractivity contribution >= 4 is 5.69 Å². The molecule has 3 N–H and O–H groups in total. The van der Waals surface area contributed by atoms with Gasteiger partial charge in [-0.25, -0.2) is 0 Å². The highest BCUT2D eigenvalue weighted by atomic mass is 16.5. The molecule has 0 amide bonds. The molecule has 0 saturated heterocycles. The summed E-state index contributed by atoms with van der Waals surface area (Å²) in [5, 5.41) is 7.40. The summed E-state index contributed by atoms with van der Waals surface area (Å²) in [5.41, 5.74) is 9.22. The third kappa shape index (κ3) is 5.02. The molecule has 5 heteroatoms. The Labute approximate surface area is 154 Å². The lowest BCUT2D eigenvalue weighted by Crippen LogP contribution is -2.01. The van der Waals surface area contributed by atoms with Crippen LogP contribution in [0.5, 0.6) is 11.5 Å². The van der Waals surface area contributed by atoms with Crippen LogP contribution < -0.4 is 15.2 Å². The van der Waals surface area contributed by atoms with Gasteiger partial charge >= 0.3 is 0 Å². The minimum absolute atomic E-state index is 0.404. The lowest BCUT2D eigenvalue weighted by molar-refractivity contribution is 0.289. The number of rotatable bonds is 8. The van der Waals surface area contributed by atoms with Gasteiger partial charge in [-0.3, -0.25) is 5.10 Å². The van der Waals surface area contributed by atoms with Gasteiger partial charge in [-0.05, 0) is 42.7 Å². The second-order valence-corrected chi connectivity index (χ2v) is 6.70. The fourth-order valence-electron chi connectivity index (χ4n) is 2.51. The second-order valence-electron chi connectivity index (χ2n) is 6.70. The molecular weight excluding hydrogens is 326 g/mol. The van der Waals surface area contributed by atoms with Crippen molar-refractivity contribution in [3.63, 3.8) is 0 Å². The zero-order valence-corrected chi connectivity index (χ0v) is 15.2. The predicted molar refractivity (Wildman–Crippen MR) is 104 cm³/mol. The van der Waals surface area contributed by atoms with E-state index in [2.05, 4.69) is 24.0 Å². The van der Waals surface area contributed by atoms with Gasteiger partial charge in [0.1, 0.15) is 18.1 Å². The Kier molecular flexibility index (Phi) is 5.79. The first kappa shape index (κ1) is 17.9. The van der Waals surface area contributed by atoms with E-state index in [-0.39, 0.29) is 0 Å². The third-order valence-corrected chi connectivity index (χ3v) is 3.98. The van der Waals surface area contributed by atoms with E-state index in [1.165, 1.54) is 0 Å². The largest absolute Gasteiger partial charge is 0.494 e. The lowest BCUT2D eigenvalue weighted by atomic mass is 10.1. The Morgan fingerprint density at radius 2 is 1.77 bits per heavy atom. The molecule has 0 aliphatic carbocycles. The lowest BCUT2D eigenvalue weighted by Gasteiger charge is -2.08. The van der Waals surface area contributed by atoms with Gasteiger partial charge in [0.05, 0.1) is 18.0 Å². The molecule has 5 nitrogen and oxygen atoms in total. The first-order valence-electron chi connectivity index (χ1n) is 8.86. The highest BCUT2D eigenvalue weighted by Crippen LogP contribution is 2.24. The van der Waals surface area contributed by atoms with Gasteiger partial charge in [-0.15, -0.1) is 0 Å². The Morgan fingerprint density at radius 1 is 1.00 bits per heavy atom. The van der Waals surface area contributed by atoms with Crippen LogP contribution in [0, 0.1) is 5.92 Å². The number of benzene rings is 2. The number of anilines is 1. The molecule has 1 aromatic heterocycles. The van der Waals surface area contributed by atoms with Crippen LogP contribution in [0.1, 0.15) is 26.0 Å². The average Bonchev–Trinajstić information content (AvgIpc) is 3.09. The Balaban J connectivity index is 1.62. The van der Waals surface area contributed by atoms with Crippen LogP contribution in [0.2, 0.25) is 0 Å². The van der Waals surface area contributed by atoms with Crippen LogP contribution in [-0.4, -0.2) is 16.8 Å². The summed E-state index contributed by atoms with van der Waals surface area (Å²) in [6.45, 7) is 5.51. The van der Waals surface area contributed by atoms with Crippen LogP contribution in [0.3, 0.4) is 0 Å². The molecule has 0 bridgehead atoms. The second kappa shape index (κ2) is 8.43. The molecule has 136 valence electrons. The molecule has 0 unspecified atom stereocenters. The maximum absolute atomic E-state index is 5.83. The minimum Gasteiger partial charge on any atom is -0.494 e. The Hall–Kier alpha value is -2.95. The number of hydrogen-bond donors (Lipinski definition) is 2. The van der Waals surface area contributed by atoms with Crippen LogP contribution in [0.15, 0.2) is 54.6 Å². The highest BCUT2D eigenvalue weighted by molar-refractivity contribution is 5.61. The van der Waals surface area contributed by atoms with E-state index in [0.717, 1.165) is 41.5 Å². The number of nitrogens with zero attached hydrogens (tertiary/aromatic N) is 1. The smallest absolute Gasteiger partial charge is 0.130 e. The summed E-state index contributed by atoms with van der Waals surface area (Å²) in [6.07, 6.45) is 1.04. The van der Waals surface area contributed by atoms with Crippen molar-refractivity contribution in [2.24, 2.45) is 5.92 Å². The zero-order valence-electron chi connectivity index (χ0n) is 15.2. The van der Waals surface area contributed by atoms with Crippen molar-refractivity contribution in [2.75, 3.05) is 12.3 Å². The summed E-state index contributed by atoms with van der Waals surface area (Å²) in [5.74, 6) is 2.23. The van der Waals surface area contributed by atoms with Crippen molar-refractivity contribution in [3.05, 3.63) is 60.3 Å². The maximum Gasteiger partial charge on any atom is 0.130 e. The average molecular weight is 351 g/mol. The maximum atomic E-state index is 5.83. The van der Waals surface area contributed by atoms with Gasteiger partial charge in [-0.2, -0.15) is 5.10 Å². The highest BCUT2D eigenvalue weighted by Gasteiger charge is 2.07. The van der Waals surface area contributed by atoms with Crippen LogP contribution in [0.25, 0.3) is 11.3 Å². The zero-order chi connectivity index (χ0) is 18.4. The Morgan fingerprint density at radius 3 is 2.54 bits per heavy atom. The summed E-state index contributed by atoms with van der Waals surface area (Å²) in [4.78, 5) is 0. The molecule has 0 atom stereocenters. The fraction of sp³-hybridized carbons (Fsp3) is 0.286. The van der Waals surface area contributed by atoms with E-state index >= 15 is 0 Å². The summed E-state index contributed by atoms with van der Waals surface area (Å²) >= 11 is 0. The molecule has 0 saturated carbocycles. The molecule has 2 aromatic carbocycles. The first-order valence-corrected chi connectivity index (χ1v) is 8.86. The molecule has 0 aliphatic heterocycles. The topological polar surface area (TPSA) is 73.2 Å². The molecule has 0 spiro atoms. The number of hydrogen-bond acceptors (Lipinski definition) is 4. The van der Waals surface area contributed by atoms with Crippen molar-refractivity contribution in [1.29, 1.82) is 0 Å². The van der Waals surface area contributed by atoms with Crippen molar-refractivity contribution in [1.82, 2.24) is 10.2 Å². The van der Waals surface area contributed by atoms with Crippen LogP contribution >= 0.6 is 0 Å². The molecule has 0 fully saturated rings. The van der Waals surface area contributed by atoms with E-state index in [9.17, 15) is 0 Å². The van der Waals surface area contributed by atoms with Crippen LogP contribution in [-0.2, 0) is 6.61 Å². The van der Waals surface area contributed by atoms with Crippen molar-refractivity contribution in [2.45, 2.75) is 26.9 Å². The number of nitrogens with one attached hydrogen (secondary N) is 1. The van der Waals surface area contributed by atoms with Gasteiger partial charge in [0.2, 0.25) is 0 Å². The number of aromatic nitrogens is 2. The molecule has 3 rings (SSSR count). The molecule has 0 aliphatic rings. The molecular formula is C21H25N3O2. The van der Waals surface area contributed by atoms with Crippen molar-refractivity contribution < 1.29 is 9.47 Å². The fourth-order valence-corrected chi connectivity index (χ4v) is 2.51. The summed E-state index contributed by atoms with van der Waals surface area (Å²) in [7, 11) is 0. The minimum atomic E-state index is 0.404. The summed E-state index contributed by atoms with van der Waals surface area (Å²) in [6, 6.07) is 17.4.